The van der Waals surface area contributed by atoms with Gasteiger partial charge in [0.15, 0.2) is 0 Å². The Morgan fingerprint density at radius 2 is 2.11 bits per heavy atom. The number of carboxylic acid groups (broad SMARTS) is 1. The number of nitrogens with zero attached hydrogens (tertiary/aromatic N) is 1. The van der Waals surface area contributed by atoms with Gasteiger partial charge in [-0.1, -0.05) is 30.4 Å². The first-order valence-electron chi connectivity index (χ1n) is 6.07. The van der Waals surface area contributed by atoms with Gasteiger partial charge in [-0.25, -0.2) is 4.79 Å². The van der Waals surface area contributed by atoms with Gasteiger partial charge < -0.3 is 10.2 Å². The molecule has 1 aliphatic carbocycles. The van der Waals surface area contributed by atoms with Crippen LogP contribution in [0.3, 0.4) is 0 Å². The number of nitriles is 1. The molecule has 1 aromatic rings. The lowest BCUT2D eigenvalue weighted by atomic mass is 9.86. The Morgan fingerprint density at radius 3 is 2.63 bits per heavy atom. The summed E-state index contributed by atoms with van der Waals surface area (Å²) in [6, 6.07) is 8.71. The van der Waals surface area contributed by atoms with Gasteiger partial charge in [-0.15, -0.1) is 0 Å². The van der Waals surface area contributed by atoms with E-state index in [1.165, 1.54) is 12.1 Å². The highest BCUT2D eigenvalue weighted by Gasteiger charge is 2.55. The lowest BCUT2D eigenvalue weighted by Crippen LogP contribution is -2.32. The number of carboxylic acids is 1. The van der Waals surface area contributed by atoms with Crippen LogP contribution in [0.2, 0.25) is 0 Å². The number of rotatable bonds is 4. The van der Waals surface area contributed by atoms with Gasteiger partial charge in [-0.2, -0.15) is 5.26 Å². The second-order valence-electron chi connectivity index (χ2n) is 5.07. The smallest absolute Gasteiger partial charge is 0.336 e. The van der Waals surface area contributed by atoms with Crippen molar-refractivity contribution in [1.29, 1.82) is 5.26 Å². The van der Waals surface area contributed by atoms with Gasteiger partial charge >= 0.3 is 5.97 Å². The van der Waals surface area contributed by atoms with E-state index in [0.29, 0.717) is 18.4 Å². The predicted octanol–water partition coefficient (Wildman–Crippen LogP) is 2.45. The number of benzene rings is 1. The summed E-state index contributed by atoms with van der Waals surface area (Å²) in [5.41, 5.74) is -1.27. The van der Waals surface area contributed by atoms with E-state index in [0.717, 1.165) is 0 Å². The molecule has 98 valence electrons. The van der Waals surface area contributed by atoms with Crippen molar-refractivity contribution in [2.75, 3.05) is 0 Å². The largest absolute Gasteiger partial charge is 0.478 e. The Kier molecular flexibility index (Phi) is 3.17. The maximum absolute atomic E-state index is 11.1. The van der Waals surface area contributed by atoms with Crippen molar-refractivity contribution >= 4 is 12.0 Å². The van der Waals surface area contributed by atoms with Gasteiger partial charge in [0.2, 0.25) is 0 Å². The Labute approximate surface area is 111 Å². The van der Waals surface area contributed by atoms with Crippen LogP contribution in [-0.4, -0.2) is 21.8 Å². The zero-order valence-electron chi connectivity index (χ0n) is 10.6. The average Bonchev–Trinajstić information content (AvgIpc) is 3.18. The summed E-state index contributed by atoms with van der Waals surface area (Å²) in [7, 11) is 0. The van der Waals surface area contributed by atoms with Crippen LogP contribution in [0.4, 0.5) is 0 Å². The molecular weight excluding hydrogens is 242 g/mol. The first kappa shape index (κ1) is 13.3. The molecule has 0 heterocycles. The van der Waals surface area contributed by atoms with Crippen LogP contribution >= 0.6 is 0 Å². The van der Waals surface area contributed by atoms with Gasteiger partial charge in [0.05, 0.1) is 22.6 Å². The lowest BCUT2D eigenvalue weighted by molar-refractivity contribution is 0.0588. The number of aromatic carboxylic acids is 1. The van der Waals surface area contributed by atoms with Crippen LogP contribution in [0, 0.1) is 16.7 Å². The molecule has 4 nitrogen and oxygen atoms in total. The Morgan fingerprint density at radius 1 is 1.47 bits per heavy atom. The molecule has 1 fully saturated rings. The van der Waals surface area contributed by atoms with E-state index in [-0.39, 0.29) is 5.56 Å². The molecule has 1 saturated carbocycles. The topological polar surface area (TPSA) is 81.3 Å². The van der Waals surface area contributed by atoms with Gasteiger partial charge in [-0.05, 0) is 31.4 Å². The zero-order chi connectivity index (χ0) is 14.1. The van der Waals surface area contributed by atoms with Crippen LogP contribution < -0.4 is 0 Å². The molecule has 0 amide bonds. The third-order valence-electron chi connectivity index (χ3n) is 3.71. The highest BCUT2D eigenvalue weighted by Crippen LogP contribution is 2.54. The van der Waals surface area contributed by atoms with Crippen molar-refractivity contribution in [2.45, 2.75) is 25.4 Å². The van der Waals surface area contributed by atoms with Crippen LogP contribution in [0.25, 0.3) is 6.08 Å². The molecular formula is C15H15NO3. The third kappa shape index (κ3) is 2.38. The summed E-state index contributed by atoms with van der Waals surface area (Å²) in [4.78, 5) is 11.1. The molecule has 1 aliphatic rings. The van der Waals surface area contributed by atoms with Crippen molar-refractivity contribution < 1.29 is 15.0 Å². The third-order valence-corrected chi connectivity index (χ3v) is 3.71. The molecule has 19 heavy (non-hydrogen) atoms. The predicted molar refractivity (Wildman–Crippen MR) is 70.3 cm³/mol. The normalized spacial score (nSPS) is 19.6. The molecule has 0 spiro atoms. The fourth-order valence-corrected chi connectivity index (χ4v) is 2.10. The van der Waals surface area contributed by atoms with Crippen LogP contribution in [0.5, 0.6) is 0 Å². The van der Waals surface area contributed by atoms with Gasteiger partial charge in [0, 0.05) is 0 Å². The number of hydrogen-bond donors (Lipinski definition) is 2. The summed E-state index contributed by atoms with van der Waals surface area (Å²) in [5.74, 6) is -1.01. The fourth-order valence-electron chi connectivity index (χ4n) is 2.10. The highest BCUT2D eigenvalue weighted by molar-refractivity contribution is 5.92. The van der Waals surface area contributed by atoms with Crippen molar-refractivity contribution in [3.05, 3.63) is 41.5 Å². The molecule has 1 aromatic carbocycles. The summed E-state index contributed by atoms with van der Waals surface area (Å²) >= 11 is 0. The molecule has 0 aliphatic heterocycles. The maximum atomic E-state index is 11.1. The van der Waals surface area contributed by atoms with Crippen molar-refractivity contribution in [2.24, 2.45) is 5.41 Å². The molecule has 0 radical (unpaired) electrons. The van der Waals surface area contributed by atoms with E-state index in [1.54, 1.807) is 31.2 Å². The molecule has 4 heteroatoms. The van der Waals surface area contributed by atoms with E-state index < -0.39 is 17.0 Å². The molecule has 2 N–H and O–H groups in total. The molecule has 1 atom stereocenters. The minimum atomic E-state index is -1.24. The van der Waals surface area contributed by atoms with Crippen LogP contribution in [0.1, 0.15) is 35.7 Å². The molecule has 0 unspecified atom stereocenters. The van der Waals surface area contributed by atoms with E-state index >= 15 is 0 Å². The SMILES string of the molecule is C[C@@](O)(/C=C/c1ccccc1C(=O)O)C1(C#N)CC1. The summed E-state index contributed by atoms with van der Waals surface area (Å²) in [6.45, 7) is 1.59. The average molecular weight is 257 g/mol. The first-order chi connectivity index (χ1) is 8.92. The monoisotopic (exact) mass is 257 g/mol. The number of hydrogen-bond acceptors (Lipinski definition) is 3. The van der Waals surface area contributed by atoms with Gasteiger partial charge in [0.25, 0.3) is 0 Å². The summed E-state index contributed by atoms with van der Waals surface area (Å²) < 4.78 is 0. The van der Waals surface area contributed by atoms with Gasteiger partial charge in [0.1, 0.15) is 0 Å². The second kappa shape index (κ2) is 4.52. The van der Waals surface area contributed by atoms with Crippen molar-refractivity contribution in [3.8, 4) is 6.07 Å². The fraction of sp³-hybridized carbons (Fsp3) is 0.333. The number of carbonyl (C=O) groups is 1. The van der Waals surface area contributed by atoms with E-state index in [1.807, 2.05) is 0 Å². The highest BCUT2D eigenvalue weighted by atomic mass is 16.4. The summed E-state index contributed by atoms with van der Waals surface area (Å²) in [6.07, 6.45) is 4.43. The molecule has 0 saturated heterocycles. The maximum Gasteiger partial charge on any atom is 0.336 e. The quantitative estimate of drug-likeness (QED) is 0.868. The molecule has 2 rings (SSSR count). The zero-order valence-corrected chi connectivity index (χ0v) is 10.6. The van der Waals surface area contributed by atoms with Gasteiger partial charge in [-0.3, -0.25) is 0 Å². The summed E-state index contributed by atoms with van der Waals surface area (Å²) in [5, 5.41) is 28.5. The van der Waals surface area contributed by atoms with Crippen LogP contribution in [0.15, 0.2) is 30.3 Å². The lowest BCUT2D eigenvalue weighted by Gasteiger charge is -2.24. The van der Waals surface area contributed by atoms with Crippen molar-refractivity contribution in [3.63, 3.8) is 0 Å². The minimum absolute atomic E-state index is 0.177. The Bertz CT molecular complexity index is 577. The molecule has 0 bridgehead atoms. The number of aliphatic hydroxyl groups is 1. The van der Waals surface area contributed by atoms with Crippen molar-refractivity contribution in [1.82, 2.24) is 0 Å². The van der Waals surface area contributed by atoms with E-state index in [2.05, 4.69) is 6.07 Å². The molecule has 0 aromatic heterocycles. The Hall–Kier alpha value is -2.12. The van der Waals surface area contributed by atoms with E-state index in [4.69, 9.17) is 10.4 Å². The van der Waals surface area contributed by atoms with E-state index in [9.17, 15) is 9.90 Å². The van der Waals surface area contributed by atoms with Crippen LogP contribution in [-0.2, 0) is 0 Å². The Balaban J connectivity index is 2.29. The minimum Gasteiger partial charge on any atom is -0.478 e. The standard InChI is InChI=1S/C15H15NO3/c1-14(19,15(10-16)8-9-15)7-6-11-4-2-3-5-12(11)13(17)18/h2-7,19H,8-9H2,1H3,(H,17,18)/b7-6+/t14-/m1/s1. The first-order valence-corrected chi connectivity index (χ1v) is 6.07. The second-order valence-corrected chi connectivity index (χ2v) is 5.07.